The van der Waals surface area contributed by atoms with Crippen LogP contribution in [-0.2, 0) is 14.8 Å². The van der Waals surface area contributed by atoms with Crippen molar-refractivity contribution in [2.24, 2.45) is 0 Å². The average Bonchev–Trinajstić information content (AvgIpc) is 3.70. The van der Waals surface area contributed by atoms with Crippen molar-refractivity contribution in [3.63, 3.8) is 0 Å². The lowest BCUT2D eigenvalue weighted by Crippen LogP contribution is -2.32. The van der Waals surface area contributed by atoms with Crippen molar-refractivity contribution in [3.8, 4) is 17.1 Å². The highest BCUT2D eigenvalue weighted by atomic mass is 32.2. The topological polar surface area (TPSA) is 132 Å². The van der Waals surface area contributed by atoms with Gasteiger partial charge in [-0.2, -0.15) is 0 Å². The van der Waals surface area contributed by atoms with Gasteiger partial charge in [0.25, 0.3) is 5.91 Å². The monoisotopic (exact) mass is 515 g/mol. The van der Waals surface area contributed by atoms with E-state index in [0.717, 1.165) is 0 Å². The number of sulfonamides is 1. The summed E-state index contributed by atoms with van der Waals surface area (Å²) in [5.41, 5.74) is 1.34. The number of nitrogens with zero attached hydrogens (tertiary/aromatic N) is 3. The van der Waals surface area contributed by atoms with Gasteiger partial charge in [-0.3, -0.25) is 19.5 Å². The van der Waals surface area contributed by atoms with E-state index in [1.165, 1.54) is 50.0 Å². The van der Waals surface area contributed by atoms with Crippen molar-refractivity contribution >= 4 is 21.6 Å². The SMILES string of the molecule is CCOc1cncc(-c2ccc(C(=O)N[C@H](COC)c3cc(NS(=O)(=O)C4CC4)ccn3)c(F)c2)n1. The maximum Gasteiger partial charge on any atom is 0.254 e. The molecular weight excluding hydrogens is 489 g/mol. The van der Waals surface area contributed by atoms with Gasteiger partial charge in [-0.15, -0.1) is 0 Å². The summed E-state index contributed by atoms with van der Waals surface area (Å²) < 4.78 is 52.6. The summed E-state index contributed by atoms with van der Waals surface area (Å²) in [6.07, 6.45) is 5.62. The Hall–Kier alpha value is -3.64. The Labute approximate surface area is 208 Å². The van der Waals surface area contributed by atoms with Gasteiger partial charge >= 0.3 is 0 Å². The number of nitrogens with one attached hydrogen (secondary N) is 2. The van der Waals surface area contributed by atoms with Crippen LogP contribution in [0.2, 0.25) is 0 Å². The van der Waals surface area contributed by atoms with Crippen molar-refractivity contribution in [1.82, 2.24) is 20.3 Å². The van der Waals surface area contributed by atoms with E-state index in [2.05, 4.69) is 25.0 Å². The van der Waals surface area contributed by atoms with E-state index in [1.54, 1.807) is 6.07 Å². The zero-order valence-electron chi connectivity index (χ0n) is 19.8. The maximum absolute atomic E-state index is 14.9. The molecule has 36 heavy (non-hydrogen) atoms. The average molecular weight is 516 g/mol. The first-order chi connectivity index (χ1) is 17.3. The molecule has 0 spiro atoms. The number of ether oxygens (including phenoxy) is 2. The van der Waals surface area contributed by atoms with Crippen LogP contribution in [0.25, 0.3) is 11.3 Å². The highest BCUT2D eigenvalue weighted by Gasteiger charge is 2.35. The number of anilines is 1. The van der Waals surface area contributed by atoms with Crippen LogP contribution in [0.5, 0.6) is 5.88 Å². The molecule has 2 heterocycles. The predicted molar refractivity (Wildman–Crippen MR) is 130 cm³/mol. The van der Waals surface area contributed by atoms with E-state index >= 15 is 0 Å². The maximum atomic E-state index is 14.9. The molecule has 1 aliphatic carbocycles. The Morgan fingerprint density at radius 2 is 2.03 bits per heavy atom. The molecule has 0 unspecified atom stereocenters. The Kier molecular flexibility index (Phi) is 7.75. The van der Waals surface area contributed by atoms with Crippen molar-refractivity contribution < 1.29 is 27.1 Å². The van der Waals surface area contributed by atoms with Gasteiger partial charge < -0.3 is 14.8 Å². The zero-order chi connectivity index (χ0) is 25.7. The Morgan fingerprint density at radius 3 is 2.72 bits per heavy atom. The first kappa shape index (κ1) is 25.5. The lowest BCUT2D eigenvalue weighted by Gasteiger charge is -2.19. The minimum atomic E-state index is -3.46. The van der Waals surface area contributed by atoms with Crippen LogP contribution in [0.1, 0.15) is 41.9 Å². The highest BCUT2D eigenvalue weighted by molar-refractivity contribution is 7.93. The Bertz CT molecular complexity index is 1350. The van der Waals surface area contributed by atoms with Gasteiger partial charge in [-0.25, -0.2) is 17.8 Å². The lowest BCUT2D eigenvalue weighted by molar-refractivity contribution is 0.0890. The fourth-order valence-corrected chi connectivity index (χ4v) is 4.87. The molecule has 0 bridgehead atoms. The third kappa shape index (κ3) is 6.13. The second-order valence-corrected chi connectivity index (χ2v) is 10.1. The molecule has 0 aliphatic heterocycles. The number of carbonyl (C=O) groups is 1. The number of halogens is 1. The molecule has 12 heteroatoms. The smallest absolute Gasteiger partial charge is 0.254 e. The van der Waals surface area contributed by atoms with Crippen LogP contribution in [0.3, 0.4) is 0 Å². The van der Waals surface area contributed by atoms with Gasteiger partial charge in [-0.1, -0.05) is 6.07 Å². The summed E-state index contributed by atoms with van der Waals surface area (Å²) in [4.78, 5) is 25.5. The predicted octanol–water partition coefficient (Wildman–Crippen LogP) is 3.10. The van der Waals surface area contributed by atoms with Crippen molar-refractivity contribution in [2.45, 2.75) is 31.1 Å². The highest BCUT2D eigenvalue weighted by Crippen LogP contribution is 2.30. The minimum absolute atomic E-state index is 0.0388. The van der Waals surface area contributed by atoms with Crippen molar-refractivity contribution in [2.75, 3.05) is 25.0 Å². The number of hydrogen-bond acceptors (Lipinski definition) is 8. The summed E-state index contributed by atoms with van der Waals surface area (Å²) in [6.45, 7) is 2.27. The molecule has 4 rings (SSSR count). The van der Waals surface area contributed by atoms with Gasteiger partial charge in [0.2, 0.25) is 15.9 Å². The molecular formula is C24H26FN5O5S. The number of methoxy groups -OCH3 is 1. The fraction of sp³-hybridized carbons (Fsp3) is 0.333. The van der Waals surface area contributed by atoms with E-state index in [0.29, 0.717) is 48.0 Å². The van der Waals surface area contributed by atoms with Crippen molar-refractivity contribution in [3.05, 3.63) is 66.0 Å². The molecule has 2 N–H and O–H groups in total. The van der Waals surface area contributed by atoms with Gasteiger partial charge in [0.05, 0.1) is 59.5 Å². The van der Waals surface area contributed by atoms with E-state index < -0.39 is 27.8 Å². The number of benzene rings is 1. The molecule has 1 aliphatic rings. The third-order valence-electron chi connectivity index (χ3n) is 5.41. The molecule has 1 fully saturated rings. The summed E-state index contributed by atoms with van der Waals surface area (Å²) in [5, 5.41) is 2.32. The number of amides is 1. The van der Waals surface area contributed by atoms with Crippen LogP contribution >= 0.6 is 0 Å². The Balaban J connectivity index is 1.51. The van der Waals surface area contributed by atoms with Crippen LogP contribution in [0.4, 0.5) is 10.1 Å². The molecule has 10 nitrogen and oxygen atoms in total. The van der Waals surface area contributed by atoms with Gasteiger partial charge in [0.1, 0.15) is 5.82 Å². The molecule has 2 aromatic heterocycles. The van der Waals surface area contributed by atoms with Crippen LogP contribution in [0.15, 0.2) is 48.9 Å². The number of pyridine rings is 1. The third-order valence-corrected chi connectivity index (χ3v) is 7.28. The minimum Gasteiger partial charge on any atom is -0.477 e. The molecule has 1 atom stereocenters. The normalized spacial score (nSPS) is 14.2. The molecule has 1 amide bonds. The standard InChI is InChI=1S/C24H26FN5O5S/c1-3-35-23-13-26-12-21(28-23)15-4-7-18(19(25)10-15)24(31)29-22(14-34-2)20-11-16(8-9-27-20)30-36(32,33)17-5-6-17/h4,7-13,17,22H,3,5-6,14H2,1-2H3,(H,27,30)(H,29,31)/t22-/m1/s1. The number of aromatic nitrogens is 3. The summed E-state index contributed by atoms with van der Waals surface area (Å²) in [5.74, 6) is -1.11. The molecule has 1 saturated carbocycles. The molecule has 0 radical (unpaired) electrons. The van der Waals surface area contributed by atoms with Crippen LogP contribution in [-0.4, -0.2) is 54.9 Å². The quantitative estimate of drug-likeness (QED) is 0.398. The zero-order valence-corrected chi connectivity index (χ0v) is 20.6. The second-order valence-electron chi connectivity index (χ2n) is 8.17. The lowest BCUT2D eigenvalue weighted by atomic mass is 10.1. The molecule has 190 valence electrons. The van der Waals surface area contributed by atoms with Gasteiger partial charge in [0.15, 0.2) is 0 Å². The van der Waals surface area contributed by atoms with E-state index in [-0.39, 0.29) is 17.4 Å². The molecule has 3 aromatic rings. The summed E-state index contributed by atoms with van der Waals surface area (Å²) in [7, 11) is -2.01. The molecule has 0 saturated heterocycles. The fourth-order valence-electron chi connectivity index (χ4n) is 3.50. The first-order valence-electron chi connectivity index (χ1n) is 11.3. The second kappa shape index (κ2) is 11.0. The number of carbonyl (C=O) groups excluding carboxylic acids is 1. The number of hydrogen-bond donors (Lipinski definition) is 2. The van der Waals surface area contributed by atoms with Crippen molar-refractivity contribution in [1.29, 1.82) is 0 Å². The van der Waals surface area contributed by atoms with E-state index in [4.69, 9.17) is 9.47 Å². The Morgan fingerprint density at radius 1 is 1.22 bits per heavy atom. The summed E-state index contributed by atoms with van der Waals surface area (Å²) >= 11 is 0. The number of rotatable bonds is 11. The van der Waals surface area contributed by atoms with Gasteiger partial charge in [-0.05, 0) is 44.0 Å². The van der Waals surface area contributed by atoms with Gasteiger partial charge in [0, 0.05) is 18.9 Å². The summed E-state index contributed by atoms with van der Waals surface area (Å²) in [6, 6.07) is 6.41. The van der Waals surface area contributed by atoms with E-state index in [9.17, 15) is 17.6 Å². The van der Waals surface area contributed by atoms with Crippen LogP contribution < -0.4 is 14.8 Å². The first-order valence-corrected chi connectivity index (χ1v) is 12.9. The largest absolute Gasteiger partial charge is 0.477 e. The van der Waals surface area contributed by atoms with Crippen LogP contribution in [0, 0.1) is 5.82 Å². The van der Waals surface area contributed by atoms with E-state index in [1.807, 2.05) is 6.92 Å². The molecule has 1 aromatic carbocycles.